The summed E-state index contributed by atoms with van der Waals surface area (Å²) in [6.45, 7) is 2.97. The SMILES string of the molecule is C[C@H]1CN1C(=O)N(C)C. The molecule has 0 saturated carbocycles. The molecule has 1 atom stereocenters. The van der Waals surface area contributed by atoms with Crippen LogP contribution < -0.4 is 0 Å². The molecule has 0 aromatic carbocycles. The van der Waals surface area contributed by atoms with Gasteiger partial charge in [-0.2, -0.15) is 0 Å². The first-order valence-corrected chi connectivity index (χ1v) is 3.11. The van der Waals surface area contributed by atoms with Crippen molar-refractivity contribution < 1.29 is 4.79 Å². The summed E-state index contributed by atoms with van der Waals surface area (Å²) in [7, 11) is 3.54. The van der Waals surface area contributed by atoms with Crippen LogP contribution in [0, 0.1) is 0 Å². The zero-order valence-electron chi connectivity index (χ0n) is 6.09. The van der Waals surface area contributed by atoms with Crippen LogP contribution in [0.3, 0.4) is 0 Å². The van der Waals surface area contributed by atoms with Crippen molar-refractivity contribution in [2.24, 2.45) is 0 Å². The Kier molecular flexibility index (Phi) is 1.35. The minimum Gasteiger partial charge on any atom is -0.331 e. The van der Waals surface area contributed by atoms with Crippen molar-refractivity contribution in [1.82, 2.24) is 9.80 Å². The van der Waals surface area contributed by atoms with E-state index in [0.717, 1.165) is 6.54 Å². The van der Waals surface area contributed by atoms with Crippen LogP contribution in [0.25, 0.3) is 0 Å². The molecule has 0 bridgehead atoms. The van der Waals surface area contributed by atoms with Crippen LogP contribution >= 0.6 is 0 Å². The fourth-order valence-corrected chi connectivity index (χ4v) is 0.761. The Hall–Kier alpha value is -0.730. The summed E-state index contributed by atoms with van der Waals surface area (Å²) in [5.74, 6) is 0. The molecule has 0 aromatic rings. The summed E-state index contributed by atoms with van der Waals surface area (Å²) in [5, 5.41) is 0. The van der Waals surface area contributed by atoms with E-state index >= 15 is 0 Å². The molecule has 1 aliphatic heterocycles. The maximum atomic E-state index is 11.0. The highest BCUT2D eigenvalue weighted by molar-refractivity contribution is 5.76. The Balaban J connectivity index is 2.36. The summed E-state index contributed by atoms with van der Waals surface area (Å²) < 4.78 is 0. The van der Waals surface area contributed by atoms with E-state index in [1.54, 1.807) is 19.0 Å². The predicted octanol–water partition coefficient (Wildman–Crippen LogP) is 0.372. The molecule has 1 saturated heterocycles. The highest BCUT2D eigenvalue weighted by Gasteiger charge is 2.34. The van der Waals surface area contributed by atoms with Gasteiger partial charge in [-0.3, -0.25) is 0 Å². The van der Waals surface area contributed by atoms with Crippen LogP contribution in [-0.4, -0.2) is 42.5 Å². The van der Waals surface area contributed by atoms with Crippen LogP contribution in [0.15, 0.2) is 0 Å². The maximum absolute atomic E-state index is 11.0. The molecule has 1 rings (SSSR count). The van der Waals surface area contributed by atoms with E-state index in [9.17, 15) is 4.79 Å². The number of amides is 2. The largest absolute Gasteiger partial charge is 0.331 e. The first-order chi connectivity index (χ1) is 4.13. The second kappa shape index (κ2) is 1.90. The van der Waals surface area contributed by atoms with Crippen molar-refractivity contribution in [2.45, 2.75) is 13.0 Å². The van der Waals surface area contributed by atoms with Crippen molar-refractivity contribution in [3.63, 3.8) is 0 Å². The van der Waals surface area contributed by atoms with Gasteiger partial charge in [0, 0.05) is 26.7 Å². The zero-order valence-corrected chi connectivity index (χ0v) is 6.09. The standard InChI is InChI=1S/C6H12N2O/c1-5-4-8(5)6(9)7(2)3/h5H,4H2,1-3H3/t5-,8?/m0/s1. The summed E-state index contributed by atoms with van der Waals surface area (Å²) in [6, 6.07) is 0.599. The second-order valence-electron chi connectivity index (χ2n) is 2.68. The van der Waals surface area contributed by atoms with Crippen molar-refractivity contribution in [3.05, 3.63) is 0 Å². The van der Waals surface area contributed by atoms with Gasteiger partial charge in [0.15, 0.2) is 0 Å². The first-order valence-electron chi connectivity index (χ1n) is 3.11. The molecule has 0 N–H and O–H groups in total. The Bertz CT molecular complexity index is 133. The highest BCUT2D eigenvalue weighted by Crippen LogP contribution is 2.16. The van der Waals surface area contributed by atoms with E-state index in [0.29, 0.717) is 6.04 Å². The van der Waals surface area contributed by atoms with Crippen molar-refractivity contribution in [1.29, 1.82) is 0 Å². The fraction of sp³-hybridized carbons (Fsp3) is 0.833. The predicted molar refractivity (Wildman–Crippen MR) is 35.3 cm³/mol. The van der Waals surface area contributed by atoms with Gasteiger partial charge in [0.1, 0.15) is 0 Å². The molecule has 1 aliphatic rings. The molecular formula is C6H12N2O. The number of nitrogens with zero attached hydrogens (tertiary/aromatic N) is 2. The third kappa shape index (κ3) is 1.15. The summed E-state index contributed by atoms with van der Waals surface area (Å²) >= 11 is 0. The zero-order chi connectivity index (χ0) is 7.02. The summed E-state index contributed by atoms with van der Waals surface area (Å²) in [5.41, 5.74) is 0. The van der Waals surface area contributed by atoms with E-state index < -0.39 is 0 Å². The van der Waals surface area contributed by atoms with Gasteiger partial charge in [0.2, 0.25) is 0 Å². The number of hydrogen-bond acceptors (Lipinski definition) is 1. The molecule has 9 heavy (non-hydrogen) atoms. The molecule has 1 fully saturated rings. The van der Waals surface area contributed by atoms with Crippen molar-refractivity contribution in [3.8, 4) is 0 Å². The van der Waals surface area contributed by atoms with Gasteiger partial charge in [0.05, 0.1) is 0 Å². The number of rotatable bonds is 0. The van der Waals surface area contributed by atoms with Gasteiger partial charge >= 0.3 is 6.03 Å². The highest BCUT2D eigenvalue weighted by atomic mass is 16.2. The molecule has 0 aromatic heterocycles. The Morgan fingerprint density at radius 3 is 2.22 bits per heavy atom. The lowest BCUT2D eigenvalue weighted by Gasteiger charge is -2.10. The molecular weight excluding hydrogens is 116 g/mol. The smallest absolute Gasteiger partial charge is 0.319 e. The van der Waals surface area contributed by atoms with Crippen LogP contribution in [0.1, 0.15) is 6.92 Å². The van der Waals surface area contributed by atoms with E-state index in [-0.39, 0.29) is 6.03 Å². The molecule has 0 spiro atoms. The molecule has 0 radical (unpaired) electrons. The van der Waals surface area contributed by atoms with Crippen LogP contribution in [-0.2, 0) is 0 Å². The van der Waals surface area contributed by atoms with E-state index in [2.05, 4.69) is 0 Å². The summed E-state index contributed by atoms with van der Waals surface area (Å²) in [4.78, 5) is 14.4. The lowest BCUT2D eigenvalue weighted by molar-refractivity contribution is 0.202. The Morgan fingerprint density at radius 2 is 2.11 bits per heavy atom. The number of carbonyl (C=O) groups is 1. The quantitative estimate of drug-likeness (QED) is 0.432. The number of urea groups is 1. The second-order valence-corrected chi connectivity index (χ2v) is 2.68. The molecule has 52 valence electrons. The third-order valence-electron chi connectivity index (χ3n) is 1.49. The van der Waals surface area contributed by atoms with Crippen LogP contribution in [0.2, 0.25) is 0 Å². The normalized spacial score (nSPS) is 23.9. The maximum Gasteiger partial charge on any atom is 0.319 e. The topological polar surface area (TPSA) is 23.3 Å². The number of hydrogen-bond donors (Lipinski definition) is 0. The van der Waals surface area contributed by atoms with Gasteiger partial charge < -0.3 is 9.80 Å². The van der Waals surface area contributed by atoms with Gasteiger partial charge in [0.25, 0.3) is 0 Å². The van der Waals surface area contributed by atoms with E-state index in [1.165, 1.54) is 0 Å². The van der Waals surface area contributed by atoms with Crippen LogP contribution in [0.4, 0.5) is 4.79 Å². The molecule has 0 aliphatic carbocycles. The fourth-order valence-electron chi connectivity index (χ4n) is 0.761. The average Bonchev–Trinajstić information content (AvgIpc) is 2.44. The molecule has 0 unspecified atom stereocenters. The van der Waals surface area contributed by atoms with Gasteiger partial charge in [-0.15, -0.1) is 0 Å². The van der Waals surface area contributed by atoms with Crippen molar-refractivity contribution >= 4 is 6.03 Å². The van der Waals surface area contributed by atoms with Gasteiger partial charge in [-0.25, -0.2) is 4.79 Å². The van der Waals surface area contributed by atoms with E-state index in [4.69, 9.17) is 0 Å². The van der Waals surface area contributed by atoms with Crippen molar-refractivity contribution in [2.75, 3.05) is 20.6 Å². The first kappa shape index (κ1) is 6.39. The third-order valence-corrected chi connectivity index (χ3v) is 1.49. The molecule has 3 heteroatoms. The summed E-state index contributed by atoms with van der Waals surface area (Å²) in [6.07, 6.45) is 0. The molecule has 1 heterocycles. The Labute approximate surface area is 55.2 Å². The Morgan fingerprint density at radius 1 is 1.67 bits per heavy atom. The van der Waals surface area contributed by atoms with Gasteiger partial charge in [-0.1, -0.05) is 0 Å². The van der Waals surface area contributed by atoms with Gasteiger partial charge in [-0.05, 0) is 6.92 Å². The minimum atomic E-state index is 0.127. The van der Waals surface area contributed by atoms with E-state index in [1.807, 2.05) is 11.8 Å². The molecule has 2 amide bonds. The lowest BCUT2D eigenvalue weighted by Crippen LogP contribution is -2.27. The van der Waals surface area contributed by atoms with Crippen LogP contribution in [0.5, 0.6) is 0 Å². The minimum absolute atomic E-state index is 0.127. The monoisotopic (exact) mass is 128 g/mol. The average molecular weight is 128 g/mol. The molecule has 3 nitrogen and oxygen atoms in total. The number of carbonyl (C=O) groups excluding carboxylic acids is 1. The lowest BCUT2D eigenvalue weighted by atomic mass is 10.6.